The first kappa shape index (κ1) is 18.1. The molecule has 1 aromatic heterocycles. The van der Waals surface area contributed by atoms with Gasteiger partial charge in [-0.3, -0.25) is 4.79 Å². The van der Waals surface area contributed by atoms with Crippen LogP contribution in [0.5, 0.6) is 23.0 Å². The third-order valence-electron chi connectivity index (χ3n) is 4.04. The Hall–Kier alpha value is -3.68. The number of aromatic hydroxyl groups is 1. The summed E-state index contributed by atoms with van der Waals surface area (Å²) < 4.78 is 21.5. The predicted molar refractivity (Wildman–Crippen MR) is 96.2 cm³/mol. The lowest BCUT2D eigenvalue weighted by atomic mass is 10.1. The van der Waals surface area contributed by atoms with Crippen LogP contribution < -0.4 is 19.6 Å². The molecule has 0 saturated carbocycles. The maximum absolute atomic E-state index is 12.5. The molecule has 0 spiro atoms. The fourth-order valence-electron chi connectivity index (χ4n) is 2.73. The zero-order chi connectivity index (χ0) is 19.7. The van der Waals surface area contributed by atoms with Gasteiger partial charge in [0.25, 0.3) is 0 Å². The number of ether oxygens (including phenoxy) is 3. The van der Waals surface area contributed by atoms with Crippen molar-refractivity contribution in [1.29, 1.82) is 0 Å². The van der Waals surface area contributed by atoms with Crippen LogP contribution in [0.2, 0.25) is 0 Å². The zero-order valence-corrected chi connectivity index (χ0v) is 14.7. The minimum atomic E-state index is -1.19. The SMILES string of the molecule is COc1cc(-c2oc3ccc(C(=O)O)cc3c(=O)c2O)cc(OC)c1OC. The van der Waals surface area contributed by atoms with Crippen molar-refractivity contribution in [3.05, 3.63) is 46.1 Å². The van der Waals surface area contributed by atoms with Crippen LogP contribution in [-0.2, 0) is 0 Å². The number of carbonyl (C=O) groups is 1. The number of aromatic carboxylic acids is 1. The summed E-state index contributed by atoms with van der Waals surface area (Å²) in [6.07, 6.45) is 0. The smallest absolute Gasteiger partial charge is 0.335 e. The fourth-order valence-corrected chi connectivity index (χ4v) is 2.73. The van der Waals surface area contributed by atoms with Crippen molar-refractivity contribution in [2.75, 3.05) is 21.3 Å². The van der Waals surface area contributed by atoms with Gasteiger partial charge in [-0.05, 0) is 30.3 Å². The van der Waals surface area contributed by atoms with Gasteiger partial charge in [0.15, 0.2) is 17.3 Å². The van der Waals surface area contributed by atoms with Gasteiger partial charge in [-0.15, -0.1) is 0 Å². The molecule has 0 aliphatic carbocycles. The van der Waals surface area contributed by atoms with E-state index < -0.39 is 17.1 Å². The van der Waals surface area contributed by atoms with Gasteiger partial charge >= 0.3 is 5.97 Å². The number of benzene rings is 2. The normalized spacial score (nSPS) is 10.6. The maximum atomic E-state index is 12.5. The number of rotatable bonds is 5. The van der Waals surface area contributed by atoms with Crippen molar-refractivity contribution in [2.24, 2.45) is 0 Å². The largest absolute Gasteiger partial charge is 0.502 e. The number of fused-ring (bicyclic) bond motifs is 1. The summed E-state index contributed by atoms with van der Waals surface area (Å²) in [4.78, 5) is 23.6. The Kier molecular flexibility index (Phi) is 4.64. The lowest BCUT2D eigenvalue weighted by Gasteiger charge is -2.14. The monoisotopic (exact) mass is 372 g/mol. The molecule has 1 heterocycles. The van der Waals surface area contributed by atoms with E-state index in [4.69, 9.17) is 23.7 Å². The van der Waals surface area contributed by atoms with Crippen molar-refractivity contribution >= 4 is 16.9 Å². The molecule has 3 aromatic rings. The molecule has 0 atom stereocenters. The Morgan fingerprint density at radius 2 is 1.63 bits per heavy atom. The minimum absolute atomic E-state index is 0.0383. The van der Waals surface area contributed by atoms with Gasteiger partial charge in [-0.1, -0.05) is 0 Å². The van der Waals surface area contributed by atoms with Crippen LogP contribution in [0.15, 0.2) is 39.5 Å². The van der Waals surface area contributed by atoms with E-state index in [-0.39, 0.29) is 22.3 Å². The lowest BCUT2D eigenvalue weighted by molar-refractivity contribution is 0.0697. The Bertz CT molecular complexity index is 1070. The molecule has 0 bridgehead atoms. The van der Waals surface area contributed by atoms with Crippen LogP contribution in [0, 0.1) is 0 Å². The van der Waals surface area contributed by atoms with E-state index in [9.17, 15) is 14.7 Å². The fraction of sp³-hybridized carbons (Fsp3) is 0.158. The van der Waals surface area contributed by atoms with E-state index >= 15 is 0 Å². The summed E-state index contributed by atoms with van der Waals surface area (Å²) in [5.74, 6) is -0.971. The molecule has 8 heteroatoms. The highest BCUT2D eigenvalue weighted by molar-refractivity contribution is 5.93. The van der Waals surface area contributed by atoms with Gasteiger partial charge in [0, 0.05) is 5.56 Å². The lowest BCUT2D eigenvalue weighted by Crippen LogP contribution is -2.05. The third kappa shape index (κ3) is 3.01. The molecule has 0 fully saturated rings. The summed E-state index contributed by atoms with van der Waals surface area (Å²) in [5.41, 5.74) is -0.382. The quantitative estimate of drug-likeness (QED) is 0.702. The summed E-state index contributed by atoms with van der Waals surface area (Å²) in [7, 11) is 4.32. The van der Waals surface area contributed by atoms with Crippen molar-refractivity contribution < 1.29 is 33.6 Å². The van der Waals surface area contributed by atoms with Crippen molar-refractivity contribution in [3.63, 3.8) is 0 Å². The first-order valence-electron chi connectivity index (χ1n) is 7.74. The van der Waals surface area contributed by atoms with E-state index in [0.717, 1.165) is 6.07 Å². The van der Waals surface area contributed by atoms with Gasteiger partial charge in [0.05, 0.1) is 32.3 Å². The van der Waals surface area contributed by atoms with E-state index in [1.807, 2.05) is 0 Å². The minimum Gasteiger partial charge on any atom is -0.502 e. The number of carboxylic acids is 1. The third-order valence-corrected chi connectivity index (χ3v) is 4.04. The Morgan fingerprint density at radius 1 is 1.00 bits per heavy atom. The Balaban J connectivity index is 2.29. The molecule has 140 valence electrons. The molecule has 0 aliphatic rings. The summed E-state index contributed by atoms with van der Waals surface area (Å²) in [6.45, 7) is 0. The first-order chi connectivity index (χ1) is 12.9. The van der Waals surface area contributed by atoms with Crippen molar-refractivity contribution in [1.82, 2.24) is 0 Å². The molecule has 0 saturated heterocycles. The molecular weight excluding hydrogens is 356 g/mol. The molecule has 2 aromatic carbocycles. The van der Waals surface area contributed by atoms with Gasteiger partial charge in [-0.25, -0.2) is 4.79 Å². The number of carboxylic acid groups (broad SMARTS) is 1. The van der Waals surface area contributed by atoms with E-state index in [1.54, 1.807) is 0 Å². The highest BCUT2D eigenvalue weighted by Crippen LogP contribution is 2.42. The van der Waals surface area contributed by atoms with E-state index in [2.05, 4.69) is 0 Å². The second-order valence-corrected chi connectivity index (χ2v) is 5.54. The van der Waals surface area contributed by atoms with Crippen molar-refractivity contribution in [3.8, 4) is 34.3 Å². The summed E-state index contributed by atoms with van der Waals surface area (Å²) in [5, 5.41) is 19.4. The Labute approximate surface area is 153 Å². The number of methoxy groups -OCH3 is 3. The van der Waals surface area contributed by atoms with Crippen LogP contribution in [0.4, 0.5) is 0 Å². The van der Waals surface area contributed by atoms with Gasteiger partial charge in [0.2, 0.25) is 16.9 Å². The van der Waals surface area contributed by atoms with Crippen molar-refractivity contribution in [2.45, 2.75) is 0 Å². The highest BCUT2D eigenvalue weighted by Gasteiger charge is 2.21. The topological polar surface area (TPSA) is 115 Å². The average molecular weight is 372 g/mol. The maximum Gasteiger partial charge on any atom is 0.335 e. The van der Waals surface area contributed by atoms with Crippen LogP contribution in [0.1, 0.15) is 10.4 Å². The molecule has 0 aliphatic heterocycles. The summed E-state index contributed by atoms with van der Waals surface area (Å²) in [6, 6.07) is 6.88. The standard InChI is InChI=1S/C19H16O8/c1-24-13-7-10(8-14(25-2)18(13)26-3)17-16(21)15(20)11-6-9(19(22)23)4-5-12(11)27-17/h4-8,21H,1-3H3,(H,22,23). The predicted octanol–water partition coefficient (Wildman–Crippen LogP) is 2.89. The van der Waals surface area contributed by atoms with Gasteiger partial charge in [-0.2, -0.15) is 0 Å². The van der Waals surface area contributed by atoms with Gasteiger partial charge < -0.3 is 28.8 Å². The molecule has 0 radical (unpaired) electrons. The molecule has 27 heavy (non-hydrogen) atoms. The number of hydrogen-bond donors (Lipinski definition) is 2. The highest BCUT2D eigenvalue weighted by atomic mass is 16.5. The molecule has 3 rings (SSSR count). The second-order valence-electron chi connectivity index (χ2n) is 5.54. The molecule has 2 N–H and O–H groups in total. The van der Waals surface area contributed by atoms with Gasteiger partial charge in [0.1, 0.15) is 5.58 Å². The van der Waals surface area contributed by atoms with Crippen LogP contribution in [-0.4, -0.2) is 37.5 Å². The molecular formula is C19H16O8. The Morgan fingerprint density at radius 3 is 2.15 bits per heavy atom. The van der Waals surface area contributed by atoms with Crippen LogP contribution in [0.25, 0.3) is 22.3 Å². The van der Waals surface area contributed by atoms with E-state index in [1.165, 1.54) is 45.6 Å². The van der Waals surface area contributed by atoms with E-state index in [0.29, 0.717) is 22.8 Å². The number of hydrogen-bond acceptors (Lipinski definition) is 7. The zero-order valence-electron chi connectivity index (χ0n) is 14.7. The molecule has 0 amide bonds. The molecule has 8 nitrogen and oxygen atoms in total. The first-order valence-corrected chi connectivity index (χ1v) is 7.74. The second kappa shape index (κ2) is 6.91. The average Bonchev–Trinajstić information content (AvgIpc) is 2.68. The van der Waals surface area contributed by atoms with Crippen LogP contribution >= 0.6 is 0 Å². The molecule has 0 unspecified atom stereocenters. The van der Waals surface area contributed by atoms with Crippen LogP contribution in [0.3, 0.4) is 0 Å². The summed E-state index contributed by atoms with van der Waals surface area (Å²) >= 11 is 0.